The Bertz CT molecular complexity index is 370. The molecule has 0 fully saturated rings. The third-order valence-corrected chi connectivity index (χ3v) is 2.97. The van der Waals surface area contributed by atoms with Gasteiger partial charge in [-0.05, 0) is 12.8 Å². The van der Waals surface area contributed by atoms with Gasteiger partial charge in [0.25, 0.3) is 0 Å². The van der Waals surface area contributed by atoms with E-state index in [1.165, 1.54) is 0 Å². The SMILES string of the molecule is CCC(CC)C(=O)NCCc1nnc(C(C)C)o1. The second-order valence-electron chi connectivity index (χ2n) is 4.74. The van der Waals surface area contributed by atoms with Crippen LogP contribution in [0.15, 0.2) is 4.42 Å². The van der Waals surface area contributed by atoms with Gasteiger partial charge in [-0.1, -0.05) is 27.7 Å². The van der Waals surface area contributed by atoms with Gasteiger partial charge in [-0.25, -0.2) is 0 Å². The third-order valence-electron chi connectivity index (χ3n) is 2.97. The van der Waals surface area contributed by atoms with Gasteiger partial charge in [0.2, 0.25) is 17.7 Å². The van der Waals surface area contributed by atoms with Gasteiger partial charge in [0.15, 0.2) is 0 Å². The molecule has 1 heterocycles. The van der Waals surface area contributed by atoms with Crippen molar-refractivity contribution in [2.45, 2.75) is 52.9 Å². The lowest BCUT2D eigenvalue weighted by atomic mass is 10.0. The summed E-state index contributed by atoms with van der Waals surface area (Å²) < 4.78 is 5.47. The Balaban J connectivity index is 2.34. The number of hydrogen-bond acceptors (Lipinski definition) is 4. The second kappa shape index (κ2) is 7.13. The molecule has 18 heavy (non-hydrogen) atoms. The molecule has 0 aliphatic heterocycles. The minimum absolute atomic E-state index is 0.110. The predicted octanol–water partition coefficient (Wildman–Crippen LogP) is 2.29. The summed E-state index contributed by atoms with van der Waals surface area (Å²) in [6.45, 7) is 8.62. The van der Waals surface area contributed by atoms with Gasteiger partial charge in [0.1, 0.15) is 0 Å². The lowest BCUT2D eigenvalue weighted by Crippen LogP contribution is -2.31. The van der Waals surface area contributed by atoms with Crippen molar-refractivity contribution < 1.29 is 9.21 Å². The molecule has 0 aliphatic carbocycles. The van der Waals surface area contributed by atoms with Crippen molar-refractivity contribution in [3.63, 3.8) is 0 Å². The summed E-state index contributed by atoms with van der Waals surface area (Å²) in [5.41, 5.74) is 0. The third kappa shape index (κ3) is 4.13. The highest BCUT2D eigenvalue weighted by Crippen LogP contribution is 2.12. The summed E-state index contributed by atoms with van der Waals surface area (Å²) in [6, 6.07) is 0. The molecular formula is C13H23N3O2. The molecule has 0 bridgehead atoms. The van der Waals surface area contributed by atoms with Crippen molar-refractivity contribution in [2.75, 3.05) is 6.54 Å². The predicted molar refractivity (Wildman–Crippen MR) is 69.2 cm³/mol. The molecule has 1 aromatic rings. The number of rotatable bonds is 7. The molecule has 1 N–H and O–H groups in total. The standard InChI is InChI=1S/C13H23N3O2/c1-5-10(6-2)12(17)14-8-7-11-15-16-13(18-11)9(3)4/h9-10H,5-8H2,1-4H3,(H,14,17). The van der Waals surface area contributed by atoms with Crippen LogP contribution >= 0.6 is 0 Å². The van der Waals surface area contributed by atoms with Gasteiger partial charge in [-0.2, -0.15) is 0 Å². The molecule has 0 radical (unpaired) electrons. The Hall–Kier alpha value is -1.39. The van der Waals surface area contributed by atoms with E-state index >= 15 is 0 Å². The Morgan fingerprint density at radius 3 is 2.44 bits per heavy atom. The van der Waals surface area contributed by atoms with Crippen molar-refractivity contribution in [3.05, 3.63) is 11.8 Å². The number of carbonyl (C=O) groups excluding carboxylic acids is 1. The van der Waals surface area contributed by atoms with Crippen molar-refractivity contribution in [3.8, 4) is 0 Å². The van der Waals surface area contributed by atoms with Crippen LogP contribution in [-0.2, 0) is 11.2 Å². The number of nitrogens with one attached hydrogen (secondary N) is 1. The molecule has 1 aromatic heterocycles. The first kappa shape index (κ1) is 14.7. The molecule has 5 heteroatoms. The minimum atomic E-state index is 0.110. The van der Waals surface area contributed by atoms with Crippen LogP contribution in [-0.4, -0.2) is 22.6 Å². The smallest absolute Gasteiger partial charge is 0.223 e. The zero-order chi connectivity index (χ0) is 13.5. The highest BCUT2D eigenvalue weighted by atomic mass is 16.4. The van der Waals surface area contributed by atoms with Gasteiger partial charge in [0, 0.05) is 24.8 Å². The van der Waals surface area contributed by atoms with Gasteiger partial charge in [-0.3, -0.25) is 4.79 Å². The number of aromatic nitrogens is 2. The van der Waals surface area contributed by atoms with E-state index in [1.54, 1.807) is 0 Å². The van der Waals surface area contributed by atoms with Crippen LogP contribution in [0.5, 0.6) is 0 Å². The molecule has 1 rings (SSSR count). The van der Waals surface area contributed by atoms with Crippen molar-refractivity contribution in [1.82, 2.24) is 15.5 Å². The maximum Gasteiger partial charge on any atom is 0.223 e. The number of carbonyl (C=O) groups is 1. The number of hydrogen-bond donors (Lipinski definition) is 1. The van der Waals surface area contributed by atoms with Crippen LogP contribution in [0.25, 0.3) is 0 Å². The normalized spacial score (nSPS) is 11.2. The van der Waals surface area contributed by atoms with Crippen molar-refractivity contribution in [2.24, 2.45) is 5.92 Å². The van der Waals surface area contributed by atoms with E-state index in [9.17, 15) is 4.79 Å². The van der Waals surface area contributed by atoms with Crippen LogP contribution in [0.1, 0.15) is 58.2 Å². The molecule has 5 nitrogen and oxygen atoms in total. The van der Waals surface area contributed by atoms with E-state index in [1.807, 2.05) is 27.7 Å². The van der Waals surface area contributed by atoms with Gasteiger partial charge < -0.3 is 9.73 Å². The second-order valence-corrected chi connectivity index (χ2v) is 4.74. The van der Waals surface area contributed by atoms with E-state index in [-0.39, 0.29) is 17.7 Å². The van der Waals surface area contributed by atoms with E-state index in [2.05, 4.69) is 15.5 Å². The Morgan fingerprint density at radius 2 is 1.94 bits per heavy atom. The molecule has 1 amide bonds. The first-order valence-corrected chi connectivity index (χ1v) is 6.68. The van der Waals surface area contributed by atoms with Crippen LogP contribution in [0.4, 0.5) is 0 Å². The molecule has 102 valence electrons. The average Bonchev–Trinajstić information content (AvgIpc) is 2.79. The van der Waals surface area contributed by atoms with Gasteiger partial charge in [-0.15, -0.1) is 10.2 Å². The Morgan fingerprint density at radius 1 is 1.28 bits per heavy atom. The number of amides is 1. The lowest BCUT2D eigenvalue weighted by Gasteiger charge is -2.11. The average molecular weight is 253 g/mol. The fourth-order valence-corrected chi connectivity index (χ4v) is 1.70. The molecule has 0 saturated carbocycles. The van der Waals surface area contributed by atoms with E-state index in [4.69, 9.17) is 4.42 Å². The van der Waals surface area contributed by atoms with Crippen LogP contribution in [0.3, 0.4) is 0 Å². The molecule has 0 atom stereocenters. The van der Waals surface area contributed by atoms with Crippen LogP contribution in [0.2, 0.25) is 0 Å². The molecular weight excluding hydrogens is 230 g/mol. The summed E-state index contributed by atoms with van der Waals surface area (Å²) in [7, 11) is 0. The maximum atomic E-state index is 11.7. The molecule has 0 unspecified atom stereocenters. The maximum absolute atomic E-state index is 11.7. The van der Waals surface area contributed by atoms with Crippen LogP contribution in [0, 0.1) is 5.92 Å². The molecule has 0 aliphatic rings. The summed E-state index contributed by atoms with van der Waals surface area (Å²) in [4.78, 5) is 11.7. The summed E-state index contributed by atoms with van der Waals surface area (Å²) in [6.07, 6.45) is 2.34. The van der Waals surface area contributed by atoms with Crippen LogP contribution < -0.4 is 5.32 Å². The fourth-order valence-electron chi connectivity index (χ4n) is 1.70. The van der Waals surface area contributed by atoms with Gasteiger partial charge in [0.05, 0.1) is 0 Å². The monoisotopic (exact) mass is 253 g/mol. The lowest BCUT2D eigenvalue weighted by molar-refractivity contribution is -0.125. The topological polar surface area (TPSA) is 68.0 Å². The highest BCUT2D eigenvalue weighted by Gasteiger charge is 2.14. The first-order chi connectivity index (χ1) is 8.58. The molecule has 0 spiro atoms. The largest absolute Gasteiger partial charge is 0.425 e. The zero-order valence-corrected chi connectivity index (χ0v) is 11.7. The fraction of sp³-hybridized carbons (Fsp3) is 0.769. The van der Waals surface area contributed by atoms with Gasteiger partial charge >= 0.3 is 0 Å². The summed E-state index contributed by atoms with van der Waals surface area (Å²) in [5, 5.41) is 10.8. The first-order valence-electron chi connectivity index (χ1n) is 6.68. The Kier molecular flexibility index (Phi) is 5.82. The Labute approximate surface area is 108 Å². The quantitative estimate of drug-likeness (QED) is 0.809. The summed E-state index contributed by atoms with van der Waals surface area (Å²) >= 11 is 0. The van der Waals surface area contributed by atoms with Crippen molar-refractivity contribution in [1.29, 1.82) is 0 Å². The minimum Gasteiger partial charge on any atom is -0.425 e. The molecule has 0 aromatic carbocycles. The molecule has 0 saturated heterocycles. The van der Waals surface area contributed by atoms with E-state index < -0.39 is 0 Å². The highest BCUT2D eigenvalue weighted by molar-refractivity contribution is 5.78. The van der Waals surface area contributed by atoms with E-state index in [0.29, 0.717) is 24.7 Å². The number of nitrogens with zero attached hydrogens (tertiary/aromatic N) is 2. The summed E-state index contributed by atoms with van der Waals surface area (Å²) in [5.74, 6) is 1.70. The zero-order valence-electron chi connectivity index (χ0n) is 11.7. The van der Waals surface area contributed by atoms with E-state index in [0.717, 1.165) is 12.8 Å². The van der Waals surface area contributed by atoms with Crippen molar-refractivity contribution >= 4 is 5.91 Å².